The summed E-state index contributed by atoms with van der Waals surface area (Å²) in [5, 5.41) is 3.63. The number of benzene rings is 1. The van der Waals surface area contributed by atoms with Crippen molar-refractivity contribution in [2.75, 3.05) is 25.5 Å². The molecular formula is C22H25N5. The van der Waals surface area contributed by atoms with Gasteiger partial charge in [0.25, 0.3) is 0 Å². The van der Waals surface area contributed by atoms with Crippen molar-refractivity contribution in [1.82, 2.24) is 19.9 Å². The number of hydrogen-bond donors (Lipinski definition) is 1. The zero-order valence-electron chi connectivity index (χ0n) is 15.9. The van der Waals surface area contributed by atoms with Crippen LogP contribution >= 0.6 is 0 Å². The molecule has 4 rings (SSSR count). The van der Waals surface area contributed by atoms with Crippen LogP contribution in [0.1, 0.15) is 29.8 Å². The lowest BCUT2D eigenvalue weighted by Crippen LogP contribution is -2.20. The molecule has 0 bridgehead atoms. The third-order valence-corrected chi connectivity index (χ3v) is 5.14. The molecule has 1 aliphatic heterocycles. The van der Waals surface area contributed by atoms with Gasteiger partial charge in [0.1, 0.15) is 5.82 Å². The Labute approximate surface area is 160 Å². The number of pyridine rings is 1. The highest BCUT2D eigenvalue weighted by Crippen LogP contribution is 2.28. The number of likely N-dealkylation sites (N-methyl/N-ethyl adjacent to an activating group) is 1. The normalized spacial score (nSPS) is 15.6. The maximum Gasteiger partial charge on any atom is 0.161 e. The number of aromatic nitrogens is 3. The molecule has 1 atom stereocenters. The molecule has 0 saturated heterocycles. The Hall–Kier alpha value is -2.79. The molecule has 1 aliphatic rings. The Kier molecular flexibility index (Phi) is 5.12. The van der Waals surface area contributed by atoms with Crippen molar-refractivity contribution in [3.63, 3.8) is 0 Å². The van der Waals surface area contributed by atoms with E-state index in [2.05, 4.69) is 47.4 Å². The van der Waals surface area contributed by atoms with Gasteiger partial charge in [0, 0.05) is 43.0 Å². The molecule has 0 saturated carbocycles. The lowest BCUT2D eigenvalue weighted by atomic mass is 10.1. The van der Waals surface area contributed by atoms with E-state index in [1.165, 1.54) is 5.56 Å². The van der Waals surface area contributed by atoms with E-state index >= 15 is 0 Å². The van der Waals surface area contributed by atoms with Crippen LogP contribution in [0.3, 0.4) is 0 Å². The summed E-state index contributed by atoms with van der Waals surface area (Å²) >= 11 is 0. The van der Waals surface area contributed by atoms with E-state index in [0.717, 1.165) is 54.4 Å². The second-order valence-corrected chi connectivity index (χ2v) is 7.14. The number of nitrogens with one attached hydrogen (secondary N) is 1. The quantitative estimate of drug-likeness (QED) is 0.769. The molecule has 1 unspecified atom stereocenters. The summed E-state index contributed by atoms with van der Waals surface area (Å²) in [7, 11) is 2.17. The zero-order valence-corrected chi connectivity index (χ0v) is 15.9. The topological polar surface area (TPSA) is 53.9 Å². The second-order valence-electron chi connectivity index (χ2n) is 7.14. The Morgan fingerprint density at radius 1 is 1.00 bits per heavy atom. The van der Waals surface area contributed by atoms with Crippen molar-refractivity contribution in [2.24, 2.45) is 0 Å². The van der Waals surface area contributed by atoms with Crippen LogP contribution in [0, 0.1) is 0 Å². The van der Waals surface area contributed by atoms with Gasteiger partial charge in [0.15, 0.2) is 5.82 Å². The number of rotatable bonds is 4. The molecule has 0 radical (unpaired) electrons. The molecule has 1 N–H and O–H groups in total. The second kappa shape index (κ2) is 7.84. The highest BCUT2D eigenvalue weighted by Gasteiger charge is 2.20. The van der Waals surface area contributed by atoms with Crippen LogP contribution in [0.4, 0.5) is 5.82 Å². The molecule has 5 heteroatoms. The van der Waals surface area contributed by atoms with Gasteiger partial charge >= 0.3 is 0 Å². The third kappa shape index (κ3) is 3.98. The molecular weight excluding hydrogens is 334 g/mol. The van der Waals surface area contributed by atoms with Crippen molar-refractivity contribution in [1.29, 1.82) is 0 Å². The van der Waals surface area contributed by atoms with E-state index in [1.807, 2.05) is 30.5 Å². The lowest BCUT2D eigenvalue weighted by Gasteiger charge is -2.19. The summed E-state index contributed by atoms with van der Waals surface area (Å²) in [6.07, 6.45) is 5.62. The maximum atomic E-state index is 4.93. The summed E-state index contributed by atoms with van der Waals surface area (Å²) in [4.78, 5) is 16.5. The molecule has 27 heavy (non-hydrogen) atoms. The molecule has 5 nitrogen and oxygen atoms in total. The third-order valence-electron chi connectivity index (χ3n) is 5.14. The Morgan fingerprint density at radius 3 is 2.59 bits per heavy atom. The van der Waals surface area contributed by atoms with Gasteiger partial charge < -0.3 is 10.2 Å². The highest BCUT2D eigenvalue weighted by molar-refractivity contribution is 5.60. The van der Waals surface area contributed by atoms with Gasteiger partial charge in [0.2, 0.25) is 0 Å². The minimum Gasteiger partial charge on any atom is -0.363 e. The molecule has 3 heterocycles. The first-order valence-electron chi connectivity index (χ1n) is 9.51. The van der Waals surface area contributed by atoms with Gasteiger partial charge in [-0.3, -0.25) is 4.98 Å². The molecule has 0 fully saturated rings. The van der Waals surface area contributed by atoms with Crippen molar-refractivity contribution < 1.29 is 0 Å². The van der Waals surface area contributed by atoms with Crippen molar-refractivity contribution >= 4 is 5.82 Å². The summed E-state index contributed by atoms with van der Waals surface area (Å²) in [5.41, 5.74) is 4.61. The predicted molar refractivity (Wildman–Crippen MR) is 109 cm³/mol. The van der Waals surface area contributed by atoms with E-state index in [9.17, 15) is 0 Å². The van der Waals surface area contributed by atoms with Gasteiger partial charge in [-0.05, 0) is 32.0 Å². The molecule has 0 spiro atoms. The van der Waals surface area contributed by atoms with Gasteiger partial charge in [0.05, 0.1) is 11.7 Å². The monoisotopic (exact) mass is 359 g/mol. The van der Waals surface area contributed by atoms with Crippen molar-refractivity contribution in [2.45, 2.75) is 25.8 Å². The number of hydrogen-bond acceptors (Lipinski definition) is 5. The average molecular weight is 359 g/mol. The standard InChI is InChI=1S/C22H25N5/c1-16(18-9-6-12-23-15-18)24-22-19-10-13-27(2)14-11-20(19)25-21(26-22)17-7-4-3-5-8-17/h3-9,12,15-16H,10-11,13-14H2,1-2H3,(H,24,25,26). The van der Waals surface area contributed by atoms with Crippen LogP contribution in [0.25, 0.3) is 11.4 Å². The summed E-state index contributed by atoms with van der Waals surface area (Å²) in [6.45, 7) is 4.20. The Balaban J connectivity index is 1.74. The Morgan fingerprint density at radius 2 is 1.81 bits per heavy atom. The summed E-state index contributed by atoms with van der Waals surface area (Å²) < 4.78 is 0. The fourth-order valence-electron chi connectivity index (χ4n) is 3.47. The van der Waals surface area contributed by atoms with Crippen molar-refractivity contribution in [3.8, 4) is 11.4 Å². The number of nitrogens with zero attached hydrogens (tertiary/aromatic N) is 4. The largest absolute Gasteiger partial charge is 0.363 e. The van der Waals surface area contributed by atoms with Crippen LogP contribution in [-0.4, -0.2) is 40.0 Å². The summed E-state index contributed by atoms with van der Waals surface area (Å²) in [6, 6.07) is 14.4. The zero-order chi connectivity index (χ0) is 18.6. The first kappa shape index (κ1) is 17.6. The maximum absolute atomic E-state index is 4.93. The SMILES string of the molecule is CC(Nc1nc(-c2ccccc2)nc2c1CCN(C)CC2)c1cccnc1. The van der Waals surface area contributed by atoms with Crippen LogP contribution in [-0.2, 0) is 12.8 Å². The van der Waals surface area contributed by atoms with Crippen LogP contribution in [0.5, 0.6) is 0 Å². The van der Waals surface area contributed by atoms with Crippen LogP contribution in [0.2, 0.25) is 0 Å². The van der Waals surface area contributed by atoms with E-state index in [1.54, 1.807) is 6.20 Å². The minimum absolute atomic E-state index is 0.127. The van der Waals surface area contributed by atoms with E-state index in [0.29, 0.717) is 0 Å². The van der Waals surface area contributed by atoms with Gasteiger partial charge in [-0.1, -0.05) is 36.4 Å². The molecule has 2 aromatic heterocycles. The number of fused-ring (bicyclic) bond motifs is 1. The predicted octanol–water partition coefficient (Wildman–Crippen LogP) is 3.74. The molecule has 1 aromatic carbocycles. The smallest absolute Gasteiger partial charge is 0.161 e. The highest BCUT2D eigenvalue weighted by atomic mass is 15.1. The van der Waals surface area contributed by atoms with Crippen LogP contribution in [0.15, 0.2) is 54.9 Å². The van der Waals surface area contributed by atoms with Crippen LogP contribution < -0.4 is 5.32 Å². The average Bonchev–Trinajstić information content (AvgIpc) is 2.91. The summed E-state index contributed by atoms with van der Waals surface area (Å²) in [5.74, 6) is 1.74. The fourth-order valence-corrected chi connectivity index (χ4v) is 3.47. The van der Waals surface area contributed by atoms with Gasteiger partial charge in [-0.15, -0.1) is 0 Å². The lowest BCUT2D eigenvalue weighted by molar-refractivity contribution is 0.352. The number of anilines is 1. The fraction of sp³-hybridized carbons (Fsp3) is 0.318. The first-order valence-corrected chi connectivity index (χ1v) is 9.51. The van der Waals surface area contributed by atoms with Gasteiger partial charge in [-0.2, -0.15) is 0 Å². The van der Waals surface area contributed by atoms with E-state index < -0.39 is 0 Å². The van der Waals surface area contributed by atoms with E-state index in [-0.39, 0.29) is 6.04 Å². The molecule has 0 amide bonds. The van der Waals surface area contributed by atoms with E-state index in [4.69, 9.17) is 9.97 Å². The van der Waals surface area contributed by atoms with Crippen molar-refractivity contribution in [3.05, 3.63) is 71.7 Å². The minimum atomic E-state index is 0.127. The Bertz CT molecular complexity index is 895. The molecule has 3 aromatic rings. The molecule has 0 aliphatic carbocycles. The first-order chi connectivity index (χ1) is 13.2. The van der Waals surface area contributed by atoms with Gasteiger partial charge in [-0.25, -0.2) is 9.97 Å². The molecule has 138 valence electrons.